The van der Waals surface area contributed by atoms with Crippen LogP contribution in [0, 0.1) is 5.92 Å². The van der Waals surface area contributed by atoms with Crippen molar-refractivity contribution in [1.29, 1.82) is 0 Å². The second-order valence-electron chi connectivity index (χ2n) is 6.36. The Hall–Kier alpha value is -2.32. The number of ether oxygens (including phenoxy) is 1. The van der Waals surface area contributed by atoms with E-state index in [0.29, 0.717) is 23.9 Å². The van der Waals surface area contributed by atoms with Gasteiger partial charge >= 0.3 is 5.97 Å². The first-order valence-corrected chi connectivity index (χ1v) is 8.96. The summed E-state index contributed by atoms with van der Waals surface area (Å²) in [4.78, 5) is 36.0. The van der Waals surface area contributed by atoms with E-state index in [0.717, 1.165) is 0 Å². The number of carboxylic acid groups (broad SMARTS) is 1. The third-order valence-electron chi connectivity index (χ3n) is 3.76. The van der Waals surface area contributed by atoms with Crippen LogP contribution in [0.4, 0.5) is 0 Å². The van der Waals surface area contributed by atoms with Gasteiger partial charge in [0.25, 0.3) is 5.91 Å². The van der Waals surface area contributed by atoms with Crippen molar-refractivity contribution < 1.29 is 24.2 Å². The summed E-state index contributed by atoms with van der Waals surface area (Å²) in [5.74, 6) is -2.19. The van der Waals surface area contributed by atoms with Crippen molar-refractivity contribution in [3.63, 3.8) is 0 Å². The lowest BCUT2D eigenvalue weighted by molar-refractivity contribution is -0.141. The van der Waals surface area contributed by atoms with Crippen LogP contribution in [0.15, 0.2) is 18.2 Å². The maximum Gasteiger partial charge on any atom is 0.325 e. The van der Waals surface area contributed by atoms with E-state index < -0.39 is 29.9 Å². The van der Waals surface area contributed by atoms with E-state index in [9.17, 15) is 14.4 Å². The van der Waals surface area contributed by atoms with Gasteiger partial charge in [-0.1, -0.05) is 25.4 Å². The highest BCUT2D eigenvalue weighted by Gasteiger charge is 2.28. The van der Waals surface area contributed by atoms with Crippen LogP contribution >= 0.6 is 11.6 Å². The number of hydrogen-bond acceptors (Lipinski definition) is 5. The van der Waals surface area contributed by atoms with Gasteiger partial charge in [-0.3, -0.25) is 14.4 Å². The summed E-state index contributed by atoms with van der Waals surface area (Å²) >= 11 is 5.98. The zero-order chi connectivity index (χ0) is 20.6. The number of benzene rings is 1. The molecule has 0 aliphatic heterocycles. The number of nitrogens with one attached hydrogen (secondary N) is 3. The molecule has 150 valence electrons. The molecule has 0 unspecified atom stereocenters. The Bertz CT molecular complexity index is 681. The molecule has 8 nitrogen and oxygen atoms in total. The van der Waals surface area contributed by atoms with Gasteiger partial charge in [-0.25, -0.2) is 0 Å². The fraction of sp³-hybridized carbons (Fsp3) is 0.500. The minimum absolute atomic E-state index is 0.236. The van der Waals surface area contributed by atoms with Gasteiger partial charge in [-0.2, -0.15) is 0 Å². The number of carbonyl (C=O) groups excluding carboxylic acids is 2. The molecule has 0 radical (unpaired) electrons. The second-order valence-corrected chi connectivity index (χ2v) is 6.79. The summed E-state index contributed by atoms with van der Waals surface area (Å²) < 4.78 is 5.59. The SMILES string of the molecule is CNCCOc1cc(Cl)ccc1C(=O)N[C@H](C(=O)N[C@@H](C)C(=O)O)C(C)C. The van der Waals surface area contributed by atoms with E-state index in [1.54, 1.807) is 27.0 Å². The van der Waals surface area contributed by atoms with Gasteiger partial charge in [0.2, 0.25) is 5.91 Å². The molecule has 0 fully saturated rings. The third kappa shape index (κ3) is 7.07. The lowest BCUT2D eigenvalue weighted by Gasteiger charge is -2.23. The molecule has 2 atom stereocenters. The summed E-state index contributed by atoms with van der Waals surface area (Å²) in [5, 5.41) is 17.3. The molecule has 0 aliphatic carbocycles. The maximum atomic E-state index is 12.7. The van der Waals surface area contributed by atoms with Crippen molar-refractivity contribution in [2.24, 2.45) is 5.92 Å². The molecular weight excluding hydrogens is 374 g/mol. The summed E-state index contributed by atoms with van der Waals surface area (Å²) in [7, 11) is 1.78. The van der Waals surface area contributed by atoms with Crippen LogP contribution in [-0.2, 0) is 9.59 Å². The molecule has 0 spiro atoms. The molecule has 0 bridgehead atoms. The van der Waals surface area contributed by atoms with Gasteiger partial charge in [-0.15, -0.1) is 0 Å². The minimum Gasteiger partial charge on any atom is -0.491 e. The summed E-state index contributed by atoms with van der Waals surface area (Å²) in [5.41, 5.74) is 0.236. The largest absolute Gasteiger partial charge is 0.491 e. The Morgan fingerprint density at radius 2 is 1.85 bits per heavy atom. The second kappa shape index (κ2) is 10.7. The molecule has 4 N–H and O–H groups in total. The standard InChI is InChI=1S/C18H26ClN3O5/c1-10(2)15(17(24)21-11(3)18(25)26)22-16(23)13-6-5-12(19)9-14(13)27-8-7-20-4/h5-6,9-11,15,20H,7-8H2,1-4H3,(H,21,24)(H,22,23)(H,25,26)/t11-,15-/m0/s1. The average Bonchev–Trinajstić information content (AvgIpc) is 2.59. The topological polar surface area (TPSA) is 117 Å². The highest BCUT2D eigenvalue weighted by molar-refractivity contribution is 6.30. The monoisotopic (exact) mass is 399 g/mol. The highest BCUT2D eigenvalue weighted by atomic mass is 35.5. The van der Waals surface area contributed by atoms with Crippen LogP contribution in [0.5, 0.6) is 5.75 Å². The van der Waals surface area contributed by atoms with Gasteiger partial charge in [-0.05, 0) is 38.1 Å². The van der Waals surface area contributed by atoms with Crippen molar-refractivity contribution in [1.82, 2.24) is 16.0 Å². The molecule has 1 rings (SSSR count). The predicted molar refractivity (Wildman–Crippen MR) is 102 cm³/mol. The Labute approximate surface area is 163 Å². The first kappa shape index (κ1) is 22.7. The highest BCUT2D eigenvalue weighted by Crippen LogP contribution is 2.24. The predicted octanol–water partition coefficient (Wildman–Crippen LogP) is 1.28. The molecule has 2 amide bonds. The Morgan fingerprint density at radius 1 is 1.19 bits per heavy atom. The molecule has 0 aliphatic rings. The Kier molecular flexibility index (Phi) is 9.04. The number of halogens is 1. The molecule has 9 heteroatoms. The number of amides is 2. The fourth-order valence-corrected chi connectivity index (χ4v) is 2.35. The van der Waals surface area contributed by atoms with Crippen LogP contribution in [0.25, 0.3) is 0 Å². The van der Waals surface area contributed by atoms with Crippen molar-refractivity contribution in [3.05, 3.63) is 28.8 Å². The van der Waals surface area contributed by atoms with Gasteiger partial charge in [0.1, 0.15) is 24.4 Å². The van der Waals surface area contributed by atoms with Gasteiger partial charge < -0.3 is 25.8 Å². The first-order valence-electron chi connectivity index (χ1n) is 8.58. The molecule has 0 aromatic heterocycles. The normalized spacial score (nSPS) is 13.0. The Morgan fingerprint density at radius 3 is 2.41 bits per heavy atom. The molecule has 1 aromatic carbocycles. The quantitative estimate of drug-likeness (QED) is 0.440. The maximum absolute atomic E-state index is 12.7. The van der Waals surface area contributed by atoms with E-state index in [1.165, 1.54) is 19.1 Å². The smallest absolute Gasteiger partial charge is 0.325 e. The number of rotatable bonds is 10. The lowest BCUT2D eigenvalue weighted by atomic mass is 10.0. The van der Waals surface area contributed by atoms with E-state index in [-0.39, 0.29) is 11.5 Å². The van der Waals surface area contributed by atoms with Crippen LogP contribution in [0.1, 0.15) is 31.1 Å². The van der Waals surface area contributed by atoms with Gasteiger partial charge in [0, 0.05) is 11.6 Å². The molecule has 0 saturated heterocycles. The number of carbonyl (C=O) groups is 3. The molecule has 1 aromatic rings. The zero-order valence-electron chi connectivity index (χ0n) is 15.8. The molecule has 27 heavy (non-hydrogen) atoms. The molecular formula is C18H26ClN3O5. The molecule has 0 saturated carbocycles. The summed E-state index contributed by atoms with van der Waals surface area (Å²) in [6, 6.07) is 2.63. The van der Waals surface area contributed by atoms with Crippen molar-refractivity contribution in [2.45, 2.75) is 32.9 Å². The van der Waals surface area contributed by atoms with Crippen LogP contribution in [0.2, 0.25) is 5.02 Å². The average molecular weight is 400 g/mol. The van der Waals surface area contributed by atoms with E-state index in [4.69, 9.17) is 21.4 Å². The van der Waals surface area contributed by atoms with Crippen molar-refractivity contribution in [2.75, 3.05) is 20.2 Å². The summed E-state index contributed by atoms with van der Waals surface area (Å²) in [6.45, 7) is 5.77. The van der Waals surface area contributed by atoms with Crippen LogP contribution < -0.4 is 20.7 Å². The Balaban J connectivity index is 2.96. The van der Waals surface area contributed by atoms with Crippen LogP contribution in [-0.4, -0.2) is 55.2 Å². The van der Waals surface area contributed by atoms with E-state index >= 15 is 0 Å². The van der Waals surface area contributed by atoms with E-state index in [1.807, 2.05) is 0 Å². The minimum atomic E-state index is -1.16. The first-order chi connectivity index (χ1) is 12.7. The number of aliphatic carboxylic acids is 1. The van der Waals surface area contributed by atoms with E-state index in [2.05, 4.69) is 16.0 Å². The fourth-order valence-electron chi connectivity index (χ4n) is 2.19. The number of carboxylic acids is 1. The number of hydrogen-bond donors (Lipinski definition) is 4. The van der Waals surface area contributed by atoms with Gasteiger partial charge in [0.15, 0.2) is 0 Å². The van der Waals surface area contributed by atoms with Crippen molar-refractivity contribution >= 4 is 29.4 Å². The third-order valence-corrected chi connectivity index (χ3v) is 4.00. The number of likely N-dealkylation sites (N-methyl/N-ethyl adjacent to an activating group) is 1. The van der Waals surface area contributed by atoms with Crippen molar-refractivity contribution in [3.8, 4) is 5.75 Å². The zero-order valence-corrected chi connectivity index (χ0v) is 16.6. The lowest BCUT2D eigenvalue weighted by Crippen LogP contribution is -2.53. The van der Waals surface area contributed by atoms with Gasteiger partial charge in [0.05, 0.1) is 5.56 Å². The molecule has 0 heterocycles. The summed E-state index contributed by atoms with van der Waals surface area (Å²) in [6.07, 6.45) is 0. The van der Waals surface area contributed by atoms with Crippen LogP contribution in [0.3, 0.4) is 0 Å².